The number of rotatable bonds is 4. The molecule has 0 saturated heterocycles. The Labute approximate surface area is 130 Å². The summed E-state index contributed by atoms with van der Waals surface area (Å²) in [6, 6.07) is 7.82. The number of aliphatic hydroxyl groups is 1. The fourth-order valence-electron chi connectivity index (χ4n) is 2.14. The van der Waals surface area contributed by atoms with Crippen molar-refractivity contribution in [3.8, 4) is 0 Å². The van der Waals surface area contributed by atoms with Gasteiger partial charge in [-0.15, -0.1) is 0 Å². The Morgan fingerprint density at radius 2 is 2.05 bits per heavy atom. The SMILES string of the molecule is COC(=O)C(C)(C)C=Cc1ccc2cnc(C(C)O)cc2c1. The van der Waals surface area contributed by atoms with E-state index in [2.05, 4.69) is 4.98 Å². The van der Waals surface area contributed by atoms with Gasteiger partial charge in [-0.1, -0.05) is 24.3 Å². The first kappa shape index (κ1) is 16.2. The fourth-order valence-corrected chi connectivity index (χ4v) is 2.14. The van der Waals surface area contributed by atoms with E-state index in [4.69, 9.17) is 4.74 Å². The summed E-state index contributed by atoms with van der Waals surface area (Å²) < 4.78 is 4.79. The molecule has 0 aliphatic heterocycles. The number of esters is 1. The van der Waals surface area contributed by atoms with Crippen LogP contribution in [0.4, 0.5) is 0 Å². The summed E-state index contributed by atoms with van der Waals surface area (Å²) in [5, 5.41) is 11.6. The predicted molar refractivity (Wildman–Crippen MR) is 87.2 cm³/mol. The van der Waals surface area contributed by atoms with Gasteiger partial charge in [0.25, 0.3) is 0 Å². The van der Waals surface area contributed by atoms with Crippen LogP contribution in [-0.4, -0.2) is 23.2 Å². The van der Waals surface area contributed by atoms with Crippen molar-refractivity contribution in [2.24, 2.45) is 5.41 Å². The Balaban J connectivity index is 2.34. The first-order chi connectivity index (χ1) is 10.3. The van der Waals surface area contributed by atoms with Crippen LogP contribution in [0.2, 0.25) is 0 Å². The van der Waals surface area contributed by atoms with Crippen molar-refractivity contribution in [1.82, 2.24) is 4.98 Å². The number of hydrogen-bond acceptors (Lipinski definition) is 4. The van der Waals surface area contributed by atoms with Crippen LogP contribution in [0.1, 0.15) is 38.1 Å². The third-order valence-corrected chi connectivity index (χ3v) is 3.60. The van der Waals surface area contributed by atoms with Gasteiger partial charge in [0.1, 0.15) is 0 Å². The Hall–Kier alpha value is -2.20. The summed E-state index contributed by atoms with van der Waals surface area (Å²) >= 11 is 0. The smallest absolute Gasteiger partial charge is 0.315 e. The molecule has 1 atom stereocenters. The van der Waals surface area contributed by atoms with Gasteiger partial charge in [0.05, 0.1) is 24.3 Å². The van der Waals surface area contributed by atoms with Crippen molar-refractivity contribution in [1.29, 1.82) is 0 Å². The van der Waals surface area contributed by atoms with Gasteiger partial charge >= 0.3 is 5.97 Å². The van der Waals surface area contributed by atoms with Crippen molar-refractivity contribution in [3.05, 3.63) is 47.8 Å². The Bertz CT molecular complexity index is 717. The van der Waals surface area contributed by atoms with Gasteiger partial charge in [-0.2, -0.15) is 0 Å². The molecule has 4 heteroatoms. The highest BCUT2D eigenvalue weighted by molar-refractivity contribution is 5.85. The molecule has 1 aromatic carbocycles. The van der Waals surface area contributed by atoms with Gasteiger partial charge in [-0.3, -0.25) is 9.78 Å². The zero-order valence-corrected chi connectivity index (χ0v) is 13.3. The number of fused-ring (bicyclic) bond motifs is 1. The molecular weight excluding hydrogens is 278 g/mol. The summed E-state index contributed by atoms with van der Waals surface area (Å²) in [7, 11) is 1.39. The van der Waals surface area contributed by atoms with E-state index in [-0.39, 0.29) is 5.97 Å². The fraction of sp³-hybridized carbons (Fsp3) is 0.333. The molecule has 1 heterocycles. The van der Waals surface area contributed by atoms with E-state index in [0.29, 0.717) is 5.69 Å². The van der Waals surface area contributed by atoms with Crippen molar-refractivity contribution in [2.75, 3.05) is 7.11 Å². The molecular formula is C18H21NO3. The lowest BCUT2D eigenvalue weighted by atomic mass is 9.92. The van der Waals surface area contributed by atoms with E-state index < -0.39 is 11.5 Å². The minimum Gasteiger partial charge on any atom is -0.468 e. The van der Waals surface area contributed by atoms with Crippen LogP contribution in [0.3, 0.4) is 0 Å². The van der Waals surface area contributed by atoms with E-state index in [9.17, 15) is 9.90 Å². The highest BCUT2D eigenvalue weighted by Gasteiger charge is 2.24. The van der Waals surface area contributed by atoms with Gasteiger partial charge < -0.3 is 9.84 Å². The third-order valence-electron chi connectivity index (χ3n) is 3.60. The van der Waals surface area contributed by atoms with Crippen molar-refractivity contribution < 1.29 is 14.6 Å². The molecule has 0 amide bonds. The summed E-state index contributed by atoms with van der Waals surface area (Å²) in [6.45, 7) is 5.31. The maximum absolute atomic E-state index is 11.7. The number of ether oxygens (including phenoxy) is 1. The number of carbonyl (C=O) groups is 1. The van der Waals surface area contributed by atoms with Crippen LogP contribution >= 0.6 is 0 Å². The van der Waals surface area contributed by atoms with Gasteiger partial charge in [0, 0.05) is 11.6 Å². The number of pyridine rings is 1. The molecule has 1 aromatic heterocycles. The lowest BCUT2D eigenvalue weighted by molar-refractivity contribution is -0.148. The molecule has 1 unspecified atom stereocenters. The Kier molecular flexibility index (Phi) is 4.62. The van der Waals surface area contributed by atoms with Gasteiger partial charge in [0.15, 0.2) is 0 Å². The van der Waals surface area contributed by atoms with Crippen LogP contribution < -0.4 is 0 Å². The third kappa shape index (κ3) is 3.52. The van der Waals surface area contributed by atoms with Crippen LogP contribution in [0.25, 0.3) is 16.8 Å². The normalized spacial score (nSPS) is 13.5. The highest BCUT2D eigenvalue weighted by atomic mass is 16.5. The average Bonchev–Trinajstić information content (AvgIpc) is 2.51. The number of methoxy groups -OCH3 is 1. The molecule has 0 aliphatic carbocycles. The first-order valence-electron chi connectivity index (χ1n) is 7.19. The zero-order chi connectivity index (χ0) is 16.3. The maximum atomic E-state index is 11.7. The number of nitrogens with zero attached hydrogens (tertiary/aromatic N) is 1. The molecule has 0 saturated carbocycles. The summed E-state index contributed by atoms with van der Waals surface area (Å²) in [6.07, 6.45) is 4.89. The van der Waals surface area contributed by atoms with Crippen LogP contribution in [-0.2, 0) is 9.53 Å². The Morgan fingerprint density at radius 3 is 2.68 bits per heavy atom. The van der Waals surface area contributed by atoms with Gasteiger partial charge in [-0.05, 0) is 43.9 Å². The monoisotopic (exact) mass is 299 g/mol. The number of aromatic nitrogens is 1. The standard InChI is InChI=1S/C18H21NO3/c1-12(20)16-10-15-9-13(5-6-14(15)11-19-16)7-8-18(2,3)17(21)22-4/h5-12,20H,1-4H3. The molecule has 0 radical (unpaired) electrons. The van der Waals surface area contributed by atoms with E-state index in [1.54, 1.807) is 13.1 Å². The molecule has 22 heavy (non-hydrogen) atoms. The van der Waals surface area contributed by atoms with Crippen molar-refractivity contribution in [3.63, 3.8) is 0 Å². The number of aliphatic hydroxyl groups excluding tert-OH is 1. The second-order valence-corrected chi connectivity index (χ2v) is 5.94. The quantitative estimate of drug-likeness (QED) is 0.878. The summed E-state index contributed by atoms with van der Waals surface area (Å²) in [5.41, 5.74) is 0.947. The molecule has 0 aliphatic rings. The van der Waals surface area contributed by atoms with Crippen LogP contribution in [0.15, 0.2) is 36.5 Å². The second kappa shape index (κ2) is 6.28. The molecule has 1 N–H and O–H groups in total. The molecule has 2 aromatic rings. The molecule has 0 spiro atoms. The lowest BCUT2D eigenvalue weighted by Crippen LogP contribution is -2.22. The van der Waals surface area contributed by atoms with E-state index in [1.807, 2.05) is 50.3 Å². The topological polar surface area (TPSA) is 59.4 Å². The minimum atomic E-state index is -0.674. The predicted octanol–water partition coefficient (Wildman–Crippen LogP) is 3.50. The van der Waals surface area contributed by atoms with E-state index >= 15 is 0 Å². The van der Waals surface area contributed by atoms with Crippen molar-refractivity contribution >= 4 is 22.8 Å². The first-order valence-corrected chi connectivity index (χ1v) is 7.19. The molecule has 0 bridgehead atoms. The average molecular weight is 299 g/mol. The van der Waals surface area contributed by atoms with E-state index in [1.165, 1.54) is 7.11 Å². The number of hydrogen-bond donors (Lipinski definition) is 1. The zero-order valence-electron chi connectivity index (χ0n) is 13.3. The second-order valence-electron chi connectivity index (χ2n) is 5.94. The highest BCUT2D eigenvalue weighted by Crippen LogP contribution is 2.23. The van der Waals surface area contributed by atoms with Gasteiger partial charge in [0.2, 0.25) is 0 Å². The van der Waals surface area contributed by atoms with E-state index in [0.717, 1.165) is 16.3 Å². The lowest BCUT2D eigenvalue weighted by Gasteiger charge is -2.16. The van der Waals surface area contributed by atoms with Crippen LogP contribution in [0, 0.1) is 5.41 Å². The minimum absolute atomic E-state index is 0.273. The number of benzene rings is 1. The number of carbonyl (C=O) groups excluding carboxylic acids is 1. The maximum Gasteiger partial charge on any atom is 0.315 e. The Morgan fingerprint density at radius 1 is 1.32 bits per heavy atom. The summed E-state index contributed by atoms with van der Waals surface area (Å²) in [5.74, 6) is -0.273. The molecule has 4 nitrogen and oxygen atoms in total. The van der Waals surface area contributed by atoms with Gasteiger partial charge in [-0.25, -0.2) is 0 Å². The molecule has 0 fully saturated rings. The van der Waals surface area contributed by atoms with Crippen LogP contribution in [0.5, 0.6) is 0 Å². The summed E-state index contributed by atoms with van der Waals surface area (Å²) in [4.78, 5) is 15.9. The van der Waals surface area contributed by atoms with Crippen molar-refractivity contribution in [2.45, 2.75) is 26.9 Å². The largest absolute Gasteiger partial charge is 0.468 e. The molecule has 2 rings (SSSR count). The molecule has 116 valence electrons.